The van der Waals surface area contributed by atoms with Gasteiger partial charge in [0.2, 0.25) is 0 Å². The Hall–Kier alpha value is -1.13. The topological polar surface area (TPSA) is 27.1 Å². The maximum absolute atomic E-state index is 13.6. The predicted molar refractivity (Wildman–Crippen MR) is 84.3 cm³/mol. The van der Waals surface area contributed by atoms with Crippen LogP contribution in [0, 0.1) is 18.7 Å². The average molecular weight is 313 g/mol. The number of ether oxygens (including phenoxy) is 1. The Bertz CT molecular complexity index is 610. The fourth-order valence-corrected chi connectivity index (χ4v) is 2.43. The van der Waals surface area contributed by atoms with Gasteiger partial charge in [-0.05, 0) is 30.9 Å². The SMILES string of the molecule is Cc1cc2c(cc1F)nc(CCl)n2CCOCCC(C)C. The van der Waals surface area contributed by atoms with Crippen LogP contribution in [0.3, 0.4) is 0 Å². The van der Waals surface area contributed by atoms with Crippen molar-refractivity contribution in [1.29, 1.82) is 0 Å². The summed E-state index contributed by atoms with van der Waals surface area (Å²) < 4.78 is 21.3. The van der Waals surface area contributed by atoms with E-state index in [4.69, 9.17) is 16.3 Å². The Morgan fingerprint density at radius 2 is 2.10 bits per heavy atom. The Morgan fingerprint density at radius 3 is 2.76 bits per heavy atom. The highest BCUT2D eigenvalue weighted by Gasteiger charge is 2.12. The highest BCUT2D eigenvalue weighted by atomic mass is 35.5. The Labute approximate surface area is 130 Å². The highest BCUT2D eigenvalue weighted by Crippen LogP contribution is 2.21. The first-order valence-electron chi connectivity index (χ1n) is 7.32. The summed E-state index contributed by atoms with van der Waals surface area (Å²) in [6, 6.07) is 3.29. The Balaban J connectivity index is 2.12. The zero-order valence-electron chi connectivity index (χ0n) is 12.8. The van der Waals surface area contributed by atoms with Crippen LogP contribution < -0.4 is 0 Å². The molecular formula is C16H22ClFN2O. The second-order valence-electron chi connectivity index (χ2n) is 5.70. The average Bonchev–Trinajstić information content (AvgIpc) is 2.76. The third-order valence-electron chi connectivity index (χ3n) is 3.53. The summed E-state index contributed by atoms with van der Waals surface area (Å²) in [7, 11) is 0. The van der Waals surface area contributed by atoms with Gasteiger partial charge in [0.25, 0.3) is 0 Å². The molecule has 0 spiro atoms. The Kier molecular flexibility index (Phi) is 5.59. The van der Waals surface area contributed by atoms with E-state index in [1.165, 1.54) is 6.07 Å². The molecule has 0 bridgehead atoms. The fraction of sp³-hybridized carbons (Fsp3) is 0.562. The molecule has 0 aliphatic carbocycles. The molecule has 1 aromatic carbocycles. The molecule has 2 rings (SSSR count). The van der Waals surface area contributed by atoms with E-state index in [1.54, 1.807) is 6.92 Å². The maximum Gasteiger partial charge on any atom is 0.128 e. The minimum Gasteiger partial charge on any atom is -0.380 e. The van der Waals surface area contributed by atoms with Gasteiger partial charge < -0.3 is 9.30 Å². The van der Waals surface area contributed by atoms with Crippen LogP contribution in [0.4, 0.5) is 4.39 Å². The van der Waals surface area contributed by atoms with Crippen molar-refractivity contribution < 1.29 is 9.13 Å². The van der Waals surface area contributed by atoms with E-state index in [0.29, 0.717) is 36.0 Å². The van der Waals surface area contributed by atoms with Gasteiger partial charge in [-0.1, -0.05) is 13.8 Å². The standard InChI is InChI=1S/C16H22ClFN2O/c1-11(2)4-6-21-7-5-20-15-8-12(3)13(18)9-14(15)19-16(20)10-17/h8-9,11H,4-7,10H2,1-3H3. The quantitative estimate of drug-likeness (QED) is 0.563. The maximum atomic E-state index is 13.6. The van der Waals surface area contributed by atoms with Crippen LogP contribution in [0.5, 0.6) is 0 Å². The number of nitrogens with zero attached hydrogens (tertiary/aromatic N) is 2. The number of rotatable bonds is 7. The van der Waals surface area contributed by atoms with E-state index in [1.807, 2.05) is 10.6 Å². The van der Waals surface area contributed by atoms with Gasteiger partial charge in [0.1, 0.15) is 11.6 Å². The molecular weight excluding hydrogens is 291 g/mol. The molecule has 0 radical (unpaired) electrons. The first kappa shape index (κ1) is 16.2. The number of alkyl halides is 1. The number of hydrogen-bond donors (Lipinski definition) is 0. The molecule has 0 N–H and O–H groups in total. The van der Waals surface area contributed by atoms with Crippen molar-refractivity contribution in [3.8, 4) is 0 Å². The molecule has 5 heteroatoms. The van der Waals surface area contributed by atoms with Crippen LogP contribution in [0.25, 0.3) is 11.0 Å². The van der Waals surface area contributed by atoms with E-state index >= 15 is 0 Å². The monoisotopic (exact) mass is 312 g/mol. The van der Waals surface area contributed by atoms with E-state index in [0.717, 1.165) is 24.4 Å². The van der Waals surface area contributed by atoms with Gasteiger partial charge in [-0.25, -0.2) is 9.37 Å². The molecule has 0 aliphatic rings. The van der Waals surface area contributed by atoms with Crippen LogP contribution in [0.2, 0.25) is 0 Å². The van der Waals surface area contributed by atoms with Gasteiger partial charge in [-0.2, -0.15) is 0 Å². The fourth-order valence-electron chi connectivity index (χ4n) is 2.23. The molecule has 0 aliphatic heterocycles. The number of fused-ring (bicyclic) bond motifs is 1. The molecule has 0 atom stereocenters. The van der Waals surface area contributed by atoms with Gasteiger partial charge in [0.15, 0.2) is 0 Å². The number of benzene rings is 1. The lowest BCUT2D eigenvalue weighted by atomic mass is 10.1. The van der Waals surface area contributed by atoms with Crippen LogP contribution in [-0.2, 0) is 17.2 Å². The molecule has 116 valence electrons. The van der Waals surface area contributed by atoms with E-state index in [9.17, 15) is 4.39 Å². The lowest BCUT2D eigenvalue weighted by molar-refractivity contribution is 0.116. The van der Waals surface area contributed by atoms with Crippen molar-refractivity contribution in [2.24, 2.45) is 5.92 Å². The zero-order valence-corrected chi connectivity index (χ0v) is 13.6. The zero-order chi connectivity index (χ0) is 15.4. The van der Waals surface area contributed by atoms with E-state index in [2.05, 4.69) is 18.8 Å². The van der Waals surface area contributed by atoms with Gasteiger partial charge in [0, 0.05) is 19.2 Å². The molecule has 0 fully saturated rings. The van der Waals surface area contributed by atoms with Gasteiger partial charge in [0.05, 0.1) is 23.5 Å². The van der Waals surface area contributed by atoms with Gasteiger partial charge in [-0.15, -0.1) is 11.6 Å². The van der Waals surface area contributed by atoms with Crippen LogP contribution in [-0.4, -0.2) is 22.8 Å². The first-order chi connectivity index (χ1) is 10.0. The molecule has 0 unspecified atom stereocenters. The second kappa shape index (κ2) is 7.23. The second-order valence-corrected chi connectivity index (χ2v) is 5.97. The van der Waals surface area contributed by atoms with Crippen molar-refractivity contribution in [3.63, 3.8) is 0 Å². The van der Waals surface area contributed by atoms with Crippen molar-refractivity contribution in [1.82, 2.24) is 9.55 Å². The number of halogens is 2. The summed E-state index contributed by atoms with van der Waals surface area (Å²) in [6.07, 6.45) is 1.05. The summed E-state index contributed by atoms with van der Waals surface area (Å²) in [6.45, 7) is 8.16. The molecule has 2 aromatic rings. The number of aromatic nitrogens is 2. The summed E-state index contributed by atoms with van der Waals surface area (Å²) >= 11 is 5.95. The minimum absolute atomic E-state index is 0.235. The van der Waals surface area contributed by atoms with Crippen molar-refractivity contribution in [2.45, 2.75) is 39.6 Å². The minimum atomic E-state index is -0.235. The number of imidazole rings is 1. The van der Waals surface area contributed by atoms with Gasteiger partial charge in [-0.3, -0.25) is 0 Å². The summed E-state index contributed by atoms with van der Waals surface area (Å²) in [5.74, 6) is 1.47. The molecule has 0 saturated heterocycles. The van der Waals surface area contributed by atoms with Crippen LogP contribution >= 0.6 is 11.6 Å². The van der Waals surface area contributed by atoms with Crippen molar-refractivity contribution >= 4 is 22.6 Å². The molecule has 0 amide bonds. The highest BCUT2D eigenvalue weighted by molar-refractivity contribution is 6.16. The molecule has 3 nitrogen and oxygen atoms in total. The molecule has 1 aromatic heterocycles. The normalized spacial score (nSPS) is 11.7. The number of hydrogen-bond acceptors (Lipinski definition) is 2. The lowest BCUT2D eigenvalue weighted by Crippen LogP contribution is -2.10. The van der Waals surface area contributed by atoms with Crippen molar-refractivity contribution in [3.05, 3.63) is 29.3 Å². The van der Waals surface area contributed by atoms with Crippen LogP contribution in [0.1, 0.15) is 31.7 Å². The largest absolute Gasteiger partial charge is 0.380 e. The summed E-state index contributed by atoms with van der Waals surface area (Å²) in [5, 5.41) is 0. The van der Waals surface area contributed by atoms with E-state index in [-0.39, 0.29) is 5.82 Å². The molecule has 0 saturated carbocycles. The summed E-state index contributed by atoms with van der Waals surface area (Å²) in [4.78, 5) is 4.40. The van der Waals surface area contributed by atoms with Crippen LogP contribution in [0.15, 0.2) is 12.1 Å². The van der Waals surface area contributed by atoms with Crippen molar-refractivity contribution in [2.75, 3.05) is 13.2 Å². The Morgan fingerprint density at radius 1 is 1.33 bits per heavy atom. The predicted octanol–water partition coefficient (Wildman–Crippen LogP) is 4.29. The summed E-state index contributed by atoms with van der Waals surface area (Å²) in [5.41, 5.74) is 2.18. The lowest BCUT2D eigenvalue weighted by Gasteiger charge is -2.10. The third kappa shape index (κ3) is 3.95. The van der Waals surface area contributed by atoms with Gasteiger partial charge >= 0.3 is 0 Å². The smallest absolute Gasteiger partial charge is 0.128 e. The molecule has 1 heterocycles. The van der Waals surface area contributed by atoms with E-state index < -0.39 is 0 Å². The number of aryl methyl sites for hydroxylation is 1. The third-order valence-corrected chi connectivity index (χ3v) is 3.77. The first-order valence-corrected chi connectivity index (χ1v) is 7.85. The molecule has 21 heavy (non-hydrogen) atoms.